The Morgan fingerprint density at radius 2 is 1.97 bits per heavy atom. The molecule has 0 fully saturated rings. The molecule has 174 valence electrons. The van der Waals surface area contributed by atoms with Crippen LogP contribution < -0.4 is 10.6 Å². The van der Waals surface area contributed by atoms with Crippen LogP contribution in [0.3, 0.4) is 0 Å². The number of aromatic nitrogens is 1. The van der Waals surface area contributed by atoms with E-state index in [1.807, 2.05) is 0 Å². The quantitative estimate of drug-likeness (QED) is 0.491. The Morgan fingerprint density at radius 3 is 2.61 bits per heavy atom. The van der Waals surface area contributed by atoms with Gasteiger partial charge >= 0.3 is 0 Å². The minimum atomic E-state index is -3.45. The largest absolute Gasteiger partial charge is 0.340 e. The lowest BCUT2D eigenvalue weighted by atomic mass is 10.0. The Morgan fingerprint density at radius 1 is 1.24 bits per heavy atom. The van der Waals surface area contributed by atoms with E-state index in [2.05, 4.69) is 10.6 Å². The smallest absolute Gasteiger partial charge is 0.293 e. The van der Waals surface area contributed by atoms with Crippen molar-refractivity contribution in [2.24, 2.45) is 0 Å². The Labute approximate surface area is 194 Å². The van der Waals surface area contributed by atoms with Gasteiger partial charge in [0, 0.05) is 23.3 Å². The number of fused-ring (bicyclic) bond motifs is 1. The van der Waals surface area contributed by atoms with Gasteiger partial charge in [-0.05, 0) is 56.5 Å². The van der Waals surface area contributed by atoms with Gasteiger partial charge in [0.25, 0.3) is 17.6 Å². The number of nitrogens with zero attached hydrogens (tertiary/aromatic N) is 1. The summed E-state index contributed by atoms with van der Waals surface area (Å²) in [5, 5.41) is 6.03. The number of hydrogen-bond donors (Lipinski definition) is 2. The first-order chi connectivity index (χ1) is 15.4. The van der Waals surface area contributed by atoms with Gasteiger partial charge in [-0.15, -0.1) is 0 Å². The highest BCUT2D eigenvalue weighted by molar-refractivity contribution is 7.94. The topological polar surface area (TPSA) is 114 Å². The van der Waals surface area contributed by atoms with E-state index in [1.54, 1.807) is 11.5 Å². The molecule has 1 unspecified atom stereocenters. The molecule has 0 bridgehead atoms. The summed E-state index contributed by atoms with van der Waals surface area (Å²) < 4.78 is 38.6. The number of halogens is 2. The lowest BCUT2D eigenvalue weighted by Gasteiger charge is -2.22. The van der Waals surface area contributed by atoms with Gasteiger partial charge in [0.1, 0.15) is 11.5 Å². The van der Waals surface area contributed by atoms with E-state index in [4.69, 9.17) is 11.6 Å². The third-order valence-electron chi connectivity index (χ3n) is 5.78. The van der Waals surface area contributed by atoms with Crippen LogP contribution in [0.1, 0.15) is 45.4 Å². The minimum Gasteiger partial charge on any atom is -0.340 e. The molecule has 2 N–H and O–H groups in total. The molecule has 8 nitrogen and oxygen atoms in total. The van der Waals surface area contributed by atoms with Gasteiger partial charge < -0.3 is 15.2 Å². The van der Waals surface area contributed by atoms with Crippen molar-refractivity contribution >= 4 is 44.7 Å². The number of rotatable bonds is 5. The zero-order chi connectivity index (χ0) is 24.1. The predicted octanol–water partition coefficient (Wildman–Crippen LogP) is 2.79. The Bertz CT molecular complexity index is 1350. The van der Waals surface area contributed by atoms with Gasteiger partial charge in [-0.2, -0.15) is 0 Å². The van der Waals surface area contributed by atoms with Gasteiger partial charge in [0.05, 0.1) is 21.9 Å². The van der Waals surface area contributed by atoms with Gasteiger partial charge in [-0.1, -0.05) is 11.6 Å². The molecule has 0 aliphatic carbocycles. The zero-order valence-electron chi connectivity index (χ0n) is 17.9. The maximum atomic E-state index is 13.4. The molecular weight excluding hydrogens is 473 g/mol. The zero-order valence-corrected chi connectivity index (χ0v) is 19.4. The van der Waals surface area contributed by atoms with Crippen LogP contribution in [0.4, 0.5) is 10.1 Å². The van der Waals surface area contributed by atoms with Crippen LogP contribution in [0.15, 0.2) is 29.7 Å². The number of sulfone groups is 1. The summed E-state index contributed by atoms with van der Waals surface area (Å²) in [4.78, 5) is 38.9. The van der Waals surface area contributed by atoms with Gasteiger partial charge in [0.2, 0.25) is 0 Å². The van der Waals surface area contributed by atoms with Crippen molar-refractivity contribution in [3.63, 3.8) is 0 Å². The first-order valence-electron chi connectivity index (χ1n) is 10.2. The van der Waals surface area contributed by atoms with Crippen molar-refractivity contribution in [3.8, 4) is 0 Å². The molecule has 1 atom stereocenters. The molecule has 2 aromatic rings. The van der Waals surface area contributed by atoms with Crippen LogP contribution >= 0.6 is 11.6 Å². The lowest BCUT2D eigenvalue weighted by Crippen LogP contribution is -2.49. The lowest BCUT2D eigenvalue weighted by molar-refractivity contribution is -0.118. The second kappa shape index (κ2) is 8.11. The standard InChI is InChI=1S/C22H21ClFN3O5S/c1-12-17(19(28)21(30)26-22(2)7-9-33(31,32)11-22)16-4-3-8-27(16)18(12)20(29)25-13-5-6-15(24)14(23)10-13/h5-7,9-10H,3-4,8,11H2,1-2H3,(H,25,29)(H,26,30). The maximum Gasteiger partial charge on any atom is 0.293 e. The number of Topliss-reactive ketones (excluding diaryl/α,β-unsaturated/α-hetero) is 1. The fourth-order valence-electron chi connectivity index (χ4n) is 4.35. The molecule has 2 amide bonds. The highest BCUT2D eigenvalue weighted by Crippen LogP contribution is 2.31. The molecule has 0 spiro atoms. The summed E-state index contributed by atoms with van der Waals surface area (Å²) in [5.41, 5.74) is 0.385. The normalized spacial score (nSPS) is 20.5. The van der Waals surface area contributed by atoms with Gasteiger partial charge in [-0.3, -0.25) is 14.4 Å². The predicted molar refractivity (Wildman–Crippen MR) is 121 cm³/mol. The third-order valence-corrected chi connectivity index (χ3v) is 7.62. The van der Waals surface area contributed by atoms with Crippen molar-refractivity contribution in [2.75, 3.05) is 11.1 Å². The highest BCUT2D eigenvalue weighted by atomic mass is 35.5. The van der Waals surface area contributed by atoms with E-state index >= 15 is 0 Å². The minimum absolute atomic E-state index is 0.140. The molecular formula is C22H21ClFN3O5S. The number of ketones is 1. The van der Waals surface area contributed by atoms with Crippen molar-refractivity contribution in [1.82, 2.24) is 9.88 Å². The molecule has 4 rings (SSSR count). The second-order valence-electron chi connectivity index (χ2n) is 8.44. The average Bonchev–Trinajstić information content (AvgIpc) is 3.35. The number of amides is 2. The Balaban J connectivity index is 1.62. The second-order valence-corrected chi connectivity index (χ2v) is 10.7. The number of carbonyl (C=O) groups is 3. The summed E-state index contributed by atoms with van der Waals surface area (Å²) in [7, 11) is -3.45. The number of nitrogens with one attached hydrogen (secondary N) is 2. The first kappa shape index (κ1) is 23.2. The van der Waals surface area contributed by atoms with E-state index in [0.29, 0.717) is 30.6 Å². The van der Waals surface area contributed by atoms with Crippen molar-refractivity contribution in [1.29, 1.82) is 0 Å². The summed E-state index contributed by atoms with van der Waals surface area (Å²) in [5.74, 6) is -3.25. The monoisotopic (exact) mass is 493 g/mol. The maximum absolute atomic E-state index is 13.4. The van der Waals surface area contributed by atoms with Crippen LogP contribution in [-0.4, -0.2) is 41.9 Å². The number of anilines is 1. The first-order valence-corrected chi connectivity index (χ1v) is 12.3. The Kier molecular flexibility index (Phi) is 5.69. The molecule has 0 radical (unpaired) electrons. The van der Waals surface area contributed by atoms with Crippen LogP contribution in [0.25, 0.3) is 0 Å². The molecule has 2 aliphatic heterocycles. The molecule has 0 saturated carbocycles. The highest BCUT2D eigenvalue weighted by Gasteiger charge is 2.38. The number of benzene rings is 1. The van der Waals surface area contributed by atoms with Crippen LogP contribution in [-0.2, 0) is 27.6 Å². The summed E-state index contributed by atoms with van der Waals surface area (Å²) >= 11 is 5.78. The van der Waals surface area contributed by atoms with Crippen LogP contribution in [0, 0.1) is 12.7 Å². The SMILES string of the molecule is Cc1c(C(=O)C(=O)NC2(C)C=CS(=O)(=O)C2)c2n(c1C(=O)Nc1ccc(F)c(Cl)c1)CCC2. The van der Waals surface area contributed by atoms with E-state index in [0.717, 1.165) is 11.5 Å². The molecule has 0 saturated heterocycles. The van der Waals surface area contributed by atoms with E-state index in [-0.39, 0.29) is 27.7 Å². The summed E-state index contributed by atoms with van der Waals surface area (Å²) in [6.07, 6.45) is 2.55. The molecule has 3 heterocycles. The van der Waals surface area contributed by atoms with Gasteiger partial charge in [0.15, 0.2) is 9.84 Å². The van der Waals surface area contributed by atoms with Gasteiger partial charge in [-0.25, -0.2) is 12.8 Å². The number of hydrogen-bond acceptors (Lipinski definition) is 5. The fraction of sp³-hybridized carbons (Fsp3) is 0.318. The van der Waals surface area contributed by atoms with Crippen molar-refractivity contribution in [2.45, 2.75) is 38.8 Å². The summed E-state index contributed by atoms with van der Waals surface area (Å²) in [6.45, 7) is 3.60. The molecule has 1 aromatic heterocycles. The molecule has 33 heavy (non-hydrogen) atoms. The van der Waals surface area contributed by atoms with Crippen molar-refractivity contribution in [3.05, 3.63) is 63.0 Å². The van der Waals surface area contributed by atoms with E-state index in [1.165, 1.54) is 25.1 Å². The Hall–Kier alpha value is -2.98. The molecule has 11 heteroatoms. The van der Waals surface area contributed by atoms with Crippen LogP contribution in [0.2, 0.25) is 5.02 Å². The third kappa shape index (κ3) is 4.32. The summed E-state index contributed by atoms with van der Waals surface area (Å²) in [6, 6.07) is 3.78. The van der Waals surface area contributed by atoms with Crippen LogP contribution in [0.5, 0.6) is 0 Å². The fourth-order valence-corrected chi connectivity index (χ4v) is 6.14. The number of carbonyl (C=O) groups excluding carboxylic acids is 3. The van der Waals surface area contributed by atoms with E-state index < -0.39 is 38.8 Å². The van der Waals surface area contributed by atoms with Crippen molar-refractivity contribution < 1.29 is 27.2 Å². The molecule has 2 aliphatic rings. The average molecular weight is 494 g/mol. The molecule has 1 aromatic carbocycles. The van der Waals surface area contributed by atoms with E-state index in [9.17, 15) is 27.2 Å².